The molecule has 9 nitrogen and oxygen atoms in total. The van der Waals surface area contributed by atoms with Crippen molar-refractivity contribution in [1.29, 1.82) is 0 Å². The van der Waals surface area contributed by atoms with Gasteiger partial charge in [0.25, 0.3) is 0 Å². The van der Waals surface area contributed by atoms with E-state index in [0.29, 0.717) is 41.7 Å². The third kappa shape index (κ3) is 3.83. The van der Waals surface area contributed by atoms with Crippen molar-refractivity contribution < 1.29 is 38.1 Å². The zero-order valence-electron chi connectivity index (χ0n) is 17.4. The van der Waals surface area contributed by atoms with E-state index in [1.807, 2.05) is 0 Å². The van der Waals surface area contributed by atoms with Crippen molar-refractivity contribution in [1.82, 2.24) is 4.98 Å². The number of hydrogen-bond acceptors (Lipinski definition) is 8. The molecule has 3 rings (SSSR count). The van der Waals surface area contributed by atoms with Gasteiger partial charge in [-0.15, -0.1) is 0 Å². The Labute approximate surface area is 173 Å². The van der Waals surface area contributed by atoms with E-state index in [4.69, 9.17) is 23.7 Å². The maximum atomic E-state index is 12.8. The first-order chi connectivity index (χ1) is 14.3. The van der Waals surface area contributed by atoms with Crippen LogP contribution >= 0.6 is 0 Å². The number of H-pyrrole nitrogens is 1. The first-order valence-corrected chi connectivity index (χ1v) is 9.28. The largest absolute Gasteiger partial charge is 0.493 e. The number of hydrogen-bond donors (Lipinski definition) is 1. The Bertz CT molecular complexity index is 990. The van der Waals surface area contributed by atoms with E-state index >= 15 is 0 Å². The maximum Gasteiger partial charge on any atom is 0.339 e. The molecule has 2 aromatic rings. The standard InChI is InChI=1S/C21H23NO8/c1-10-16(21(25)27-5)11(2)22-17(10)18(23)12(3)30-20(24)13-8-14(26-4)19-15(9-13)28-6-7-29-19/h8-9,12,22H,6-7H2,1-5H3/t12-/m0/s1. The number of carbonyl (C=O) groups is 3. The smallest absolute Gasteiger partial charge is 0.339 e. The fourth-order valence-corrected chi connectivity index (χ4v) is 3.28. The molecule has 0 saturated carbocycles. The number of ether oxygens (including phenoxy) is 5. The molecule has 1 aliphatic rings. The molecule has 0 radical (unpaired) electrons. The topological polar surface area (TPSA) is 113 Å². The molecule has 0 spiro atoms. The molecule has 0 bridgehead atoms. The molecule has 30 heavy (non-hydrogen) atoms. The first-order valence-electron chi connectivity index (χ1n) is 9.28. The minimum absolute atomic E-state index is 0.158. The molecule has 1 aromatic carbocycles. The van der Waals surface area contributed by atoms with Crippen LogP contribution in [0, 0.1) is 13.8 Å². The lowest BCUT2D eigenvalue weighted by atomic mass is 10.1. The molecule has 9 heteroatoms. The highest BCUT2D eigenvalue weighted by atomic mass is 16.6. The van der Waals surface area contributed by atoms with E-state index in [2.05, 4.69) is 4.98 Å². The predicted octanol–water partition coefficient (Wildman–Crippen LogP) is 2.63. The average molecular weight is 417 g/mol. The van der Waals surface area contributed by atoms with E-state index in [1.165, 1.54) is 33.3 Å². The van der Waals surface area contributed by atoms with Crippen LogP contribution in [0.5, 0.6) is 17.2 Å². The summed E-state index contributed by atoms with van der Waals surface area (Å²) in [5.41, 5.74) is 1.57. The van der Waals surface area contributed by atoms with Crippen molar-refractivity contribution in [2.75, 3.05) is 27.4 Å². The molecule has 0 unspecified atom stereocenters. The Kier molecular flexibility index (Phi) is 6.00. The molecular weight excluding hydrogens is 394 g/mol. The molecule has 1 aliphatic heterocycles. The third-order valence-corrected chi connectivity index (χ3v) is 4.79. The van der Waals surface area contributed by atoms with E-state index in [9.17, 15) is 14.4 Å². The van der Waals surface area contributed by atoms with Gasteiger partial charge >= 0.3 is 11.9 Å². The maximum absolute atomic E-state index is 12.8. The fourth-order valence-electron chi connectivity index (χ4n) is 3.28. The van der Waals surface area contributed by atoms with Gasteiger partial charge in [-0.3, -0.25) is 4.79 Å². The van der Waals surface area contributed by atoms with Crippen LogP contribution in [0.1, 0.15) is 49.4 Å². The summed E-state index contributed by atoms with van der Waals surface area (Å²) in [6.45, 7) is 5.47. The second kappa shape index (κ2) is 8.48. The minimum Gasteiger partial charge on any atom is -0.493 e. The Morgan fingerprint density at radius 1 is 1.07 bits per heavy atom. The number of methoxy groups -OCH3 is 2. The van der Waals surface area contributed by atoms with Crippen molar-refractivity contribution in [2.24, 2.45) is 0 Å². The summed E-state index contributed by atoms with van der Waals surface area (Å²) in [5.74, 6) is -0.629. The van der Waals surface area contributed by atoms with Crippen molar-refractivity contribution in [2.45, 2.75) is 26.9 Å². The number of ketones is 1. The number of aryl methyl sites for hydroxylation is 1. The molecule has 0 amide bonds. The lowest BCUT2D eigenvalue weighted by Gasteiger charge is -2.21. The van der Waals surface area contributed by atoms with Crippen LogP contribution in [0.15, 0.2) is 12.1 Å². The Balaban J connectivity index is 1.81. The molecule has 0 fully saturated rings. The number of fused-ring (bicyclic) bond motifs is 1. The molecule has 1 atom stereocenters. The van der Waals surface area contributed by atoms with Crippen LogP contribution in [-0.4, -0.2) is 56.2 Å². The van der Waals surface area contributed by atoms with Gasteiger partial charge < -0.3 is 28.7 Å². The summed E-state index contributed by atoms with van der Waals surface area (Å²) in [6.07, 6.45) is -1.10. The fraction of sp³-hybridized carbons (Fsp3) is 0.381. The number of nitrogens with one attached hydrogen (secondary N) is 1. The first kappa shape index (κ1) is 21.2. The Morgan fingerprint density at radius 2 is 1.77 bits per heavy atom. The lowest BCUT2D eigenvalue weighted by molar-refractivity contribution is 0.0315. The van der Waals surface area contributed by atoms with Crippen LogP contribution < -0.4 is 14.2 Å². The van der Waals surface area contributed by atoms with Crippen LogP contribution in [0.3, 0.4) is 0 Å². The van der Waals surface area contributed by atoms with Crippen LogP contribution in [0.4, 0.5) is 0 Å². The quantitative estimate of drug-likeness (QED) is 0.564. The lowest BCUT2D eigenvalue weighted by Crippen LogP contribution is -2.25. The van der Waals surface area contributed by atoms with Gasteiger partial charge in [0, 0.05) is 5.69 Å². The second-order valence-corrected chi connectivity index (χ2v) is 6.73. The van der Waals surface area contributed by atoms with E-state index in [0.717, 1.165) is 0 Å². The van der Waals surface area contributed by atoms with Crippen LogP contribution in [-0.2, 0) is 9.47 Å². The normalized spacial score (nSPS) is 13.4. The SMILES string of the molecule is COC(=O)c1c(C)[nH]c(C(=O)[C@H](C)OC(=O)c2cc(OC)c3c(c2)OCCO3)c1C. The average Bonchev–Trinajstić information content (AvgIpc) is 3.05. The number of Topliss-reactive ketones (excluding diaryl/α,β-unsaturated/α-hetero) is 1. The third-order valence-electron chi connectivity index (χ3n) is 4.79. The second-order valence-electron chi connectivity index (χ2n) is 6.73. The Morgan fingerprint density at radius 3 is 2.43 bits per heavy atom. The zero-order valence-corrected chi connectivity index (χ0v) is 17.4. The van der Waals surface area contributed by atoms with Gasteiger partial charge in [0.05, 0.1) is 31.0 Å². The van der Waals surface area contributed by atoms with Crippen LogP contribution in [0.2, 0.25) is 0 Å². The molecule has 1 N–H and O–H groups in total. The monoisotopic (exact) mass is 417 g/mol. The van der Waals surface area contributed by atoms with Gasteiger partial charge in [0.1, 0.15) is 13.2 Å². The summed E-state index contributed by atoms with van der Waals surface area (Å²) in [4.78, 5) is 40.3. The highest BCUT2D eigenvalue weighted by molar-refractivity contribution is 6.04. The van der Waals surface area contributed by atoms with Gasteiger partial charge in [0.15, 0.2) is 17.6 Å². The number of esters is 2. The highest BCUT2D eigenvalue weighted by Gasteiger charge is 2.28. The predicted molar refractivity (Wildman–Crippen MR) is 105 cm³/mol. The van der Waals surface area contributed by atoms with Crippen molar-refractivity contribution in [3.05, 3.63) is 40.2 Å². The van der Waals surface area contributed by atoms with Gasteiger partial charge in [0.2, 0.25) is 11.5 Å². The molecule has 0 saturated heterocycles. The van der Waals surface area contributed by atoms with Crippen LogP contribution in [0.25, 0.3) is 0 Å². The molecule has 0 aliphatic carbocycles. The summed E-state index contributed by atoms with van der Waals surface area (Å²) in [6, 6.07) is 2.95. The van der Waals surface area contributed by atoms with Gasteiger partial charge in [-0.25, -0.2) is 9.59 Å². The summed E-state index contributed by atoms with van der Waals surface area (Å²) >= 11 is 0. The Hall–Kier alpha value is -3.49. The molecule has 160 valence electrons. The number of aromatic nitrogens is 1. The van der Waals surface area contributed by atoms with Gasteiger partial charge in [-0.1, -0.05) is 0 Å². The highest BCUT2D eigenvalue weighted by Crippen LogP contribution is 2.40. The van der Waals surface area contributed by atoms with Crippen molar-refractivity contribution in [3.63, 3.8) is 0 Å². The number of carbonyl (C=O) groups excluding carboxylic acids is 3. The van der Waals surface area contributed by atoms with Gasteiger partial charge in [-0.2, -0.15) is 0 Å². The van der Waals surface area contributed by atoms with Crippen molar-refractivity contribution in [3.8, 4) is 17.2 Å². The minimum atomic E-state index is -1.10. The number of aromatic amines is 1. The molecular formula is C21H23NO8. The summed E-state index contributed by atoms with van der Waals surface area (Å²) < 4.78 is 26.4. The molecule has 2 heterocycles. The van der Waals surface area contributed by atoms with Gasteiger partial charge in [-0.05, 0) is 38.5 Å². The molecule has 1 aromatic heterocycles. The zero-order chi connectivity index (χ0) is 22.0. The number of rotatable bonds is 6. The van der Waals surface area contributed by atoms with E-state index in [-0.39, 0.29) is 16.8 Å². The van der Waals surface area contributed by atoms with Crippen molar-refractivity contribution >= 4 is 17.7 Å². The summed E-state index contributed by atoms with van der Waals surface area (Å²) in [7, 11) is 2.71. The number of benzene rings is 1. The van der Waals surface area contributed by atoms with E-state index in [1.54, 1.807) is 13.8 Å². The van der Waals surface area contributed by atoms with E-state index < -0.39 is 23.8 Å². The summed E-state index contributed by atoms with van der Waals surface area (Å²) in [5, 5.41) is 0.